The highest BCUT2D eigenvalue weighted by Crippen LogP contribution is 2.43. The van der Waals surface area contributed by atoms with E-state index >= 15 is 0 Å². The third kappa shape index (κ3) is 6.20. The van der Waals surface area contributed by atoms with E-state index in [1.165, 1.54) is 34.7 Å². The normalized spacial score (nSPS) is 17.1. The molecule has 2 N–H and O–H groups in total. The van der Waals surface area contributed by atoms with Gasteiger partial charge in [-0.3, -0.25) is 19.2 Å². The van der Waals surface area contributed by atoms with E-state index in [-0.39, 0.29) is 84.3 Å². The number of amides is 3. The Kier molecular flexibility index (Phi) is 8.57. The van der Waals surface area contributed by atoms with Crippen molar-refractivity contribution in [3.8, 4) is 5.75 Å². The minimum absolute atomic E-state index is 0.0159. The van der Waals surface area contributed by atoms with Crippen LogP contribution in [0.25, 0.3) is 11.4 Å². The van der Waals surface area contributed by atoms with Crippen LogP contribution in [0.5, 0.6) is 5.75 Å². The number of piperidine rings is 1. The molecule has 3 aliphatic rings. The average Bonchev–Trinajstić information content (AvgIpc) is 3.71. The molecule has 1 fully saturated rings. The number of carbonyl (C=O) groups is 3. The van der Waals surface area contributed by atoms with Crippen molar-refractivity contribution in [1.29, 1.82) is 0 Å². The number of nitrogens with one attached hydrogen (secondary N) is 1. The fourth-order valence-corrected chi connectivity index (χ4v) is 6.99. The molecule has 6 heterocycles. The number of ether oxygens (including phenoxy) is 1. The molecule has 0 radical (unpaired) electrons. The Labute approximate surface area is 292 Å². The number of carbonyl (C=O) groups excluding carboxylic acids is 3. The molecular weight excluding hydrogens is 697 g/mol. The molecule has 14 nitrogen and oxygen atoms in total. The summed E-state index contributed by atoms with van der Waals surface area (Å²) in [7, 11) is 0. The Bertz CT molecular complexity index is 2190. The van der Waals surface area contributed by atoms with Crippen LogP contribution >= 0.6 is 11.6 Å². The summed E-state index contributed by atoms with van der Waals surface area (Å²) in [6, 6.07) is 5.43. The average molecular weight is 727 g/mol. The number of pyridine rings is 1. The molecule has 0 saturated carbocycles. The zero-order chi connectivity index (χ0) is 36.2. The number of halogens is 4. The summed E-state index contributed by atoms with van der Waals surface area (Å²) in [5.74, 6) is -1.34. The highest BCUT2D eigenvalue weighted by atomic mass is 35.5. The molecule has 4 aromatic rings. The molecule has 3 aliphatic heterocycles. The third-order valence-electron chi connectivity index (χ3n) is 9.40. The van der Waals surface area contributed by atoms with Crippen LogP contribution in [0, 0.1) is 0 Å². The Balaban J connectivity index is 1.25. The van der Waals surface area contributed by atoms with Crippen LogP contribution in [-0.4, -0.2) is 83.0 Å². The molecule has 0 atom stereocenters. The quantitative estimate of drug-likeness (QED) is 0.313. The van der Waals surface area contributed by atoms with E-state index in [0.717, 1.165) is 16.6 Å². The lowest BCUT2D eigenvalue weighted by Gasteiger charge is -2.38. The van der Waals surface area contributed by atoms with Crippen LogP contribution in [0.4, 0.5) is 18.9 Å². The summed E-state index contributed by atoms with van der Waals surface area (Å²) in [4.78, 5) is 64.9. The van der Waals surface area contributed by atoms with Gasteiger partial charge in [-0.2, -0.15) is 22.7 Å². The van der Waals surface area contributed by atoms with E-state index < -0.39 is 41.3 Å². The number of likely N-dealkylation sites (tertiary alicyclic amines) is 1. The molecule has 0 bridgehead atoms. The monoisotopic (exact) mass is 726 g/mol. The first-order chi connectivity index (χ1) is 24.3. The van der Waals surface area contributed by atoms with Gasteiger partial charge in [0.15, 0.2) is 11.5 Å². The number of hydrogen-bond acceptors (Lipinski definition) is 9. The van der Waals surface area contributed by atoms with E-state index in [0.29, 0.717) is 30.3 Å². The number of alkyl halides is 3. The minimum atomic E-state index is -4.63. The highest BCUT2D eigenvalue weighted by Gasteiger charge is 2.48. The molecule has 266 valence electrons. The molecule has 51 heavy (non-hydrogen) atoms. The maximum atomic E-state index is 14.3. The van der Waals surface area contributed by atoms with E-state index in [9.17, 15) is 37.5 Å². The van der Waals surface area contributed by atoms with Gasteiger partial charge in [-0.1, -0.05) is 17.7 Å². The zero-order valence-electron chi connectivity index (χ0n) is 27.0. The molecular formula is C33H30ClF3N8O6. The lowest BCUT2D eigenvalue weighted by Crippen LogP contribution is -2.47. The molecule has 1 spiro atoms. The molecule has 3 aromatic heterocycles. The molecule has 1 aromatic carbocycles. The van der Waals surface area contributed by atoms with Gasteiger partial charge in [0, 0.05) is 44.9 Å². The van der Waals surface area contributed by atoms with E-state index in [1.54, 1.807) is 4.90 Å². The summed E-state index contributed by atoms with van der Waals surface area (Å²) in [5.41, 5.74) is -1.60. The van der Waals surface area contributed by atoms with Gasteiger partial charge in [0.2, 0.25) is 17.6 Å². The lowest BCUT2D eigenvalue weighted by atomic mass is 9.85. The van der Waals surface area contributed by atoms with Crippen LogP contribution in [0.1, 0.15) is 59.3 Å². The Morgan fingerprint density at radius 2 is 1.88 bits per heavy atom. The van der Waals surface area contributed by atoms with Crippen LogP contribution < -0.4 is 10.9 Å². The van der Waals surface area contributed by atoms with Crippen molar-refractivity contribution in [2.75, 3.05) is 31.5 Å². The van der Waals surface area contributed by atoms with Crippen molar-refractivity contribution in [1.82, 2.24) is 33.9 Å². The smallest absolute Gasteiger partial charge is 0.416 e. The zero-order valence-corrected chi connectivity index (χ0v) is 27.8. The van der Waals surface area contributed by atoms with Gasteiger partial charge in [-0.05, 0) is 49.6 Å². The third-order valence-corrected chi connectivity index (χ3v) is 9.71. The fourth-order valence-electron chi connectivity index (χ4n) is 6.77. The Morgan fingerprint density at radius 3 is 2.57 bits per heavy atom. The number of aromatic hydroxyl groups is 1. The number of benzene rings is 1. The number of nitrogens with zero attached hydrogens (tertiary/aromatic N) is 7. The van der Waals surface area contributed by atoms with Crippen LogP contribution in [-0.2, 0) is 39.3 Å². The van der Waals surface area contributed by atoms with Crippen LogP contribution in [0.2, 0.25) is 5.02 Å². The first-order valence-corrected chi connectivity index (χ1v) is 16.4. The van der Waals surface area contributed by atoms with Crippen molar-refractivity contribution >= 4 is 46.4 Å². The van der Waals surface area contributed by atoms with Gasteiger partial charge in [-0.25, -0.2) is 4.98 Å². The largest absolute Gasteiger partial charge is 0.505 e. The minimum Gasteiger partial charge on any atom is -0.505 e. The summed E-state index contributed by atoms with van der Waals surface area (Å²) >= 11 is 6.11. The Morgan fingerprint density at radius 1 is 1.12 bits per heavy atom. The number of anilines is 1. The number of fused-ring (bicyclic) bond motifs is 3. The Hall–Kier alpha value is -5.29. The topological polar surface area (TPSA) is 164 Å². The summed E-state index contributed by atoms with van der Waals surface area (Å²) in [6.45, 7) is 1.98. The van der Waals surface area contributed by atoms with Gasteiger partial charge >= 0.3 is 6.18 Å². The summed E-state index contributed by atoms with van der Waals surface area (Å²) in [6.07, 6.45) is -0.399. The summed E-state index contributed by atoms with van der Waals surface area (Å²) < 4.78 is 48.5. The fraction of sp³-hybridized carbons (Fsp3) is 0.364. The maximum absolute atomic E-state index is 14.3. The van der Waals surface area contributed by atoms with Gasteiger partial charge in [0.25, 0.3) is 11.5 Å². The van der Waals surface area contributed by atoms with Gasteiger partial charge in [-0.15, -0.1) is 5.10 Å². The molecule has 7 rings (SSSR count). The van der Waals surface area contributed by atoms with E-state index in [4.69, 9.17) is 16.3 Å². The second-order valence-electron chi connectivity index (χ2n) is 12.5. The predicted octanol–water partition coefficient (Wildman–Crippen LogP) is 3.60. The number of rotatable bonds is 5. The SMILES string of the molecule is CC(=O)N1CCC=C(c2nc3n(CC(=O)Nc4ccc(C(F)(F)F)cc4Cl)c4c(c(=O)n3n2)C2(CCN(C(=O)c3ncccc3O)CC2)OC4)C1. The maximum Gasteiger partial charge on any atom is 0.416 e. The molecule has 0 unspecified atom stereocenters. The van der Waals surface area contributed by atoms with Crippen LogP contribution in [0.15, 0.2) is 47.4 Å². The highest BCUT2D eigenvalue weighted by molar-refractivity contribution is 6.33. The van der Waals surface area contributed by atoms with E-state index in [1.807, 2.05) is 6.08 Å². The van der Waals surface area contributed by atoms with Gasteiger partial charge in [0.05, 0.1) is 34.1 Å². The lowest BCUT2D eigenvalue weighted by molar-refractivity contribution is -0.137. The van der Waals surface area contributed by atoms with Crippen molar-refractivity contribution in [3.63, 3.8) is 0 Å². The van der Waals surface area contributed by atoms with E-state index in [2.05, 4.69) is 20.4 Å². The van der Waals surface area contributed by atoms with Gasteiger partial charge < -0.3 is 29.5 Å². The van der Waals surface area contributed by atoms with Gasteiger partial charge in [0.1, 0.15) is 17.9 Å². The summed E-state index contributed by atoms with van der Waals surface area (Å²) in [5, 5.41) is 16.9. The standard InChI is InChI=1S/C33H30ClF3N8O6/c1-18(46)43-11-3-4-19(15-43)28-40-31-44(16-25(48)39-22-7-6-20(14-21(22)34)33(35,36)37)23-17-51-32(26(23)29(49)45(31)41-28)8-12-42(13-9-32)30(50)27-24(47)5-2-10-38-27/h2,4-7,10,14,47H,3,8-9,11-13,15-17H2,1H3,(H,39,48). The first-order valence-electron chi connectivity index (χ1n) is 16.0. The number of aromatic nitrogens is 5. The first kappa shape index (κ1) is 34.2. The van der Waals surface area contributed by atoms with Crippen molar-refractivity contribution in [3.05, 3.63) is 86.3 Å². The molecule has 1 saturated heterocycles. The second-order valence-corrected chi connectivity index (χ2v) is 12.9. The van der Waals surface area contributed by atoms with Crippen molar-refractivity contribution in [2.24, 2.45) is 0 Å². The van der Waals surface area contributed by atoms with Crippen molar-refractivity contribution in [2.45, 2.75) is 51.1 Å². The number of hydrogen-bond donors (Lipinski definition) is 2. The predicted molar refractivity (Wildman–Crippen MR) is 175 cm³/mol. The van der Waals surface area contributed by atoms with Crippen molar-refractivity contribution < 1.29 is 37.4 Å². The molecule has 18 heteroatoms. The van der Waals surface area contributed by atoms with Crippen LogP contribution in [0.3, 0.4) is 0 Å². The molecule has 3 amide bonds. The second kappa shape index (κ2) is 12.8. The molecule has 0 aliphatic carbocycles.